The van der Waals surface area contributed by atoms with Gasteiger partial charge in [-0.05, 0) is 55.8 Å². The molecule has 0 saturated carbocycles. The Morgan fingerprint density at radius 3 is 2.81 bits per heavy atom. The maximum atomic E-state index is 12.6. The lowest BCUT2D eigenvalue weighted by atomic mass is 9.97. The van der Waals surface area contributed by atoms with Crippen molar-refractivity contribution in [3.8, 4) is 0 Å². The molecular weight excluding hydrogens is 280 g/mol. The summed E-state index contributed by atoms with van der Waals surface area (Å²) < 4.78 is 0. The molecule has 4 heteroatoms. The highest BCUT2D eigenvalue weighted by Gasteiger charge is 2.23. The van der Waals surface area contributed by atoms with E-state index in [1.807, 2.05) is 35.8 Å². The summed E-state index contributed by atoms with van der Waals surface area (Å²) >= 11 is 1.91. The molecule has 0 aromatic heterocycles. The summed E-state index contributed by atoms with van der Waals surface area (Å²) in [5, 5.41) is 3.22. The second-order valence-electron chi connectivity index (χ2n) is 5.65. The molecule has 1 amide bonds. The highest BCUT2D eigenvalue weighted by molar-refractivity contribution is 7.98. The number of amides is 1. The van der Waals surface area contributed by atoms with Gasteiger partial charge in [-0.2, -0.15) is 11.8 Å². The zero-order valence-corrected chi connectivity index (χ0v) is 13.9. The van der Waals surface area contributed by atoms with Gasteiger partial charge in [0.15, 0.2) is 0 Å². The molecule has 1 aliphatic heterocycles. The lowest BCUT2D eigenvalue weighted by Gasteiger charge is -2.32. The van der Waals surface area contributed by atoms with Gasteiger partial charge in [0.2, 0.25) is 0 Å². The van der Waals surface area contributed by atoms with Crippen molar-refractivity contribution in [1.82, 2.24) is 10.2 Å². The fourth-order valence-electron chi connectivity index (χ4n) is 2.85. The van der Waals surface area contributed by atoms with E-state index < -0.39 is 0 Å². The average molecular weight is 306 g/mol. The molecule has 3 nitrogen and oxygen atoms in total. The van der Waals surface area contributed by atoms with Crippen LogP contribution in [-0.2, 0) is 5.75 Å². The van der Waals surface area contributed by atoms with Gasteiger partial charge in [0.25, 0.3) is 5.91 Å². The number of nitrogens with one attached hydrogen (secondary N) is 1. The number of benzene rings is 1. The lowest BCUT2D eigenvalue weighted by molar-refractivity contribution is 0.0674. The van der Waals surface area contributed by atoms with E-state index in [2.05, 4.69) is 24.4 Å². The van der Waals surface area contributed by atoms with Crippen LogP contribution in [0.4, 0.5) is 0 Å². The van der Waals surface area contributed by atoms with Crippen LogP contribution in [0.3, 0.4) is 0 Å². The van der Waals surface area contributed by atoms with Crippen molar-refractivity contribution in [3.05, 3.63) is 35.4 Å². The van der Waals surface area contributed by atoms with E-state index in [0.29, 0.717) is 5.92 Å². The number of carbonyl (C=O) groups is 1. The van der Waals surface area contributed by atoms with Gasteiger partial charge in [-0.1, -0.05) is 19.1 Å². The standard InChI is InChI=1S/C17H26N2OS/c1-3-21-13-14-6-8-16(9-7-14)17(20)19-10-4-5-15(12-19)11-18-2/h6-9,15,18H,3-5,10-13H2,1-2H3. The first-order valence-electron chi connectivity index (χ1n) is 7.85. The molecular formula is C17H26N2OS. The Labute approximate surface area is 132 Å². The van der Waals surface area contributed by atoms with Gasteiger partial charge in [-0.25, -0.2) is 0 Å². The SMILES string of the molecule is CCSCc1ccc(C(=O)N2CCCC(CNC)C2)cc1. The van der Waals surface area contributed by atoms with E-state index >= 15 is 0 Å². The molecule has 1 aromatic rings. The fourth-order valence-corrected chi connectivity index (χ4v) is 3.48. The molecule has 1 aliphatic rings. The molecule has 0 radical (unpaired) electrons. The molecule has 1 atom stereocenters. The molecule has 1 aromatic carbocycles. The van der Waals surface area contributed by atoms with Gasteiger partial charge < -0.3 is 10.2 Å². The molecule has 1 fully saturated rings. The van der Waals surface area contributed by atoms with E-state index in [0.717, 1.165) is 43.1 Å². The second kappa shape index (κ2) is 8.44. The Hall–Kier alpha value is -1.00. The highest BCUT2D eigenvalue weighted by atomic mass is 32.2. The summed E-state index contributed by atoms with van der Waals surface area (Å²) in [6.07, 6.45) is 2.33. The topological polar surface area (TPSA) is 32.3 Å². The van der Waals surface area contributed by atoms with Crippen LogP contribution in [-0.4, -0.2) is 43.2 Å². The molecule has 1 heterocycles. The molecule has 0 aliphatic carbocycles. The normalized spacial score (nSPS) is 18.8. The molecule has 1 unspecified atom stereocenters. The van der Waals surface area contributed by atoms with E-state index in [-0.39, 0.29) is 5.91 Å². The number of nitrogens with zero attached hydrogens (tertiary/aromatic N) is 1. The van der Waals surface area contributed by atoms with Crippen molar-refractivity contribution >= 4 is 17.7 Å². The first-order chi connectivity index (χ1) is 10.2. The summed E-state index contributed by atoms with van der Waals surface area (Å²) in [6, 6.07) is 8.14. The van der Waals surface area contributed by atoms with Crippen LogP contribution in [0.2, 0.25) is 0 Å². The largest absolute Gasteiger partial charge is 0.338 e. The van der Waals surface area contributed by atoms with Crippen molar-refractivity contribution in [3.63, 3.8) is 0 Å². The number of thioether (sulfide) groups is 1. The van der Waals surface area contributed by atoms with Crippen LogP contribution in [0, 0.1) is 5.92 Å². The third-order valence-electron chi connectivity index (χ3n) is 3.97. The monoisotopic (exact) mass is 306 g/mol. The zero-order chi connectivity index (χ0) is 15.1. The van der Waals surface area contributed by atoms with Crippen LogP contribution in [0.5, 0.6) is 0 Å². The van der Waals surface area contributed by atoms with Crippen molar-refractivity contribution in [2.75, 3.05) is 32.4 Å². The molecule has 0 bridgehead atoms. The van der Waals surface area contributed by atoms with Crippen molar-refractivity contribution in [2.45, 2.75) is 25.5 Å². The summed E-state index contributed by atoms with van der Waals surface area (Å²) in [5.41, 5.74) is 2.12. The third-order valence-corrected chi connectivity index (χ3v) is 4.92. The number of rotatable bonds is 6. The minimum Gasteiger partial charge on any atom is -0.338 e. The summed E-state index contributed by atoms with van der Waals surface area (Å²) in [4.78, 5) is 14.6. The van der Waals surface area contributed by atoms with Crippen LogP contribution in [0.15, 0.2) is 24.3 Å². The molecule has 2 rings (SSSR count). The number of likely N-dealkylation sites (tertiary alicyclic amines) is 1. The minimum absolute atomic E-state index is 0.186. The predicted octanol–water partition coefficient (Wildman–Crippen LogP) is 3.01. The molecule has 0 spiro atoms. The van der Waals surface area contributed by atoms with E-state index in [1.54, 1.807) is 0 Å². The van der Waals surface area contributed by atoms with E-state index in [9.17, 15) is 4.79 Å². The van der Waals surface area contributed by atoms with Gasteiger partial charge in [0, 0.05) is 24.4 Å². The Morgan fingerprint density at radius 2 is 2.14 bits per heavy atom. The lowest BCUT2D eigenvalue weighted by Crippen LogP contribution is -2.42. The van der Waals surface area contributed by atoms with Gasteiger partial charge in [0.1, 0.15) is 0 Å². The predicted molar refractivity (Wildman–Crippen MR) is 90.8 cm³/mol. The Balaban J connectivity index is 1.95. The summed E-state index contributed by atoms with van der Waals surface area (Å²) in [5.74, 6) is 2.93. The first-order valence-corrected chi connectivity index (χ1v) is 9.00. The van der Waals surface area contributed by atoms with E-state index in [1.165, 1.54) is 12.0 Å². The zero-order valence-electron chi connectivity index (χ0n) is 13.1. The van der Waals surface area contributed by atoms with E-state index in [4.69, 9.17) is 0 Å². The number of carbonyl (C=O) groups excluding carboxylic acids is 1. The Kier molecular flexibility index (Phi) is 6.58. The first kappa shape index (κ1) is 16.4. The fraction of sp³-hybridized carbons (Fsp3) is 0.588. The Morgan fingerprint density at radius 1 is 1.38 bits per heavy atom. The smallest absolute Gasteiger partial charge is 0.253 e. The van der Waals surface area contributed by atoms with Crippen molar-refractivity contribution in [2.24, 2.45) is 5.92 Å². The van der Waals surface area contributed by atoms with Crippen LogP contribution >= 0.6 is 11.8 Å². The maximum Gasteiger partial charge on any atom is 0.253 e. The number of hydrogen-bond donors (Lipinski definition) is 1. The maximum absolute atomic E-state index is 12.6. The van der Waals surface area contributed by atoms with Gasteiger partial charge in [-0.15, -0.1) is 0 Å². The molecule has 1 N–H and O–H groups in total. The van der Waals surface area contributed by atoms with Crippen LogP contribution in [0.25, 0.3) is 0 Å². The van der Waals surface area contributed by atoms with Gasteiger partial charge in [0.05, 0.1) is 0 Å². The quantitative estimate of drug-likeness (QED) is 0.877. The number of hydrogen-bond acceptors (Lipinski definition) is 3. The molecule has 21 heavy (non-hydrogen) atoms. The van der Waals surface area contributed by atoms with Crippen molar-refractivity contribution in [1.29, 1.82) is 0 Å². The van der Waals surface area contributed by atoms with Crippen LogP contribution < -0.4 is 5.32 Å². The van der Waals surface area contributed by atoms with Gasteiger partial charge in [-0.3, -0.25) is 4.79 Å². The Bertz CT molecular complexity index is 445. The van der Waals surface area contributed by atoms with Gasteiger partial charge >= 0.3 is 0 Å². The van der Waals surface area contributed by atoms with Crippen LogP contribution in [0.1, 0.15) is 35.7 Å². The average Bonchev–Trinajstić information content (AvgIpc) is 2.53. The summed E-state index contributed by atoms with van der Waals surface area (Å²) in [7, 11) is 1.98. The minimum atomic E-state index is 0.186. The summed E-state index contributed by atoms with van der Waals surface area (Å²) in [6.45, 7) is 4.94. The number of piperidine rings is 1. The third kappa shape index (κ3) is 4.75. The second-order valence-corrected chi connectivity index (χ2v) is 6.93. The van der Waals surface area contributed by atoms with Crippen molar-refractivity contribution < 1.29 is 4.79 Å². The highest BCUT2D eigenvalue weighted by Crippen LogP contribution is 2.19. The molecule has 1 saturated heterocycles. The molecule has 116 valence electrons.